The fraction of sp³-hybridized carbons (Fsp3) is 0.462. The molecule has 4 heteroatoms. The molecule has 1 aromatic rings. The second kappa shape index (κ2) is 3.82. The van der Waals surface area contributed by atoms with Crippen LogP contribution in [-0.4, -0.2) is 34.6 Å². The second-order valence-electron chi connectivity index (χ2n) is 5.05. The average Bonchev–Trinajstić information content (AvgIpc) is 3.09. The van der Waals surface area contributed by atoms with Crippen LogP contribution < -0.4 is 0 Å². The number of hydrogen-bond acceptors (Lipinski definition) is 2. The van der Waals surface area contributed by atoms with E-state index < -0.39 is 5.60 Å². The zero-order chi connectivity index (χ0) is 12.0. The molecule has 0 spiro atoms. The van der Waals surface area contributed by atoms with E-state index in [9.17, 15) is 9.90 Å². The van der Waals surface area contributed by atoms with E-state index in [1.807, 2.05) is 12.1 Å². The highest BCUT2D eigenvalue weighted by molar-refractivity contribution is 9.10. The zero-order valence-electron chi connectivity index (χ0n) is 9.40. The number of nitrogens with zero attached hydrogens (tertiary/aromatic N) is 1. The van der Waals surface area contributed by atoms with Crippen molar-refractivity contribution in [3.8, 4) is 0 Å². The van der Waals surface area contributed by atoms with Gasteiger partial charge in [-0.05, 0) is 43.0 Å². The molecular weight excluding hydrogens is 282 g/mol. The van der Waals surface area contributed by atoms with E-state index in [2.05, 4.69) is 15.9 Å². The SMILES string of the molecule is O=C(c1ccc(Br)cc1)N1CC(O)(C2CC2)C1. The molecule has 1 aliphatic carbocycles. The monoisotopic (exact) mass is 295 g/mol. The zero-order valence-corrected chi connectivity index (χ0v) is 11.0. The molecule has 0 atom stereocenters. The van der Waals surface area contributed by atoms with Crippen molar-refractivity contribution in [3.05, 3.63) is 34.3 Å². The predicted molar refractivity (Wildman–Crippen MR) is 67.7 cm³/mol. The third-order valence-corrected chi connectivity index (χ3v) is 4.17. The first-order valence-corrected chi connectivity index (χ1v) is 6.65. The smallest absolute Gasteiger partial charge is 0.254 e. The standard InChI is InChI=1S/C13H14BrNO2/c14-11-5-1-9(2-6-11)12(16)15-7-13(17,8-15)10-3-4-10/h1-2,5-6,10,17H,3-4,7-8H2. The Balaban J connectivity index is 1.66. The summed E-state index contributed by atoms with van der Waals surface area (Å²) in [5.74, 6) is 0.444. The van der Waals surface area contributed by atoms with Crippen molar-refractivity contribution in [3.63, 3.8) is 0 Å². The summed E-state index contributed by atoms with van der Waals surface area (Å²) in [6, 6.07) is 7.34. The maximum atomic E-state index is 12.1. The molecule has 1 aromatic carbocycles. The summed E-state index contributed by atoms with van der Waals surface area (Å²) in [5.41, 5.74) is 0.0939. The molecule has 1 saturated carbocycles. The van der Waals surface area contributed by atoms with Crippen LogP contribution in [0.1, 0.15) is 23.2 Å². The van der Waals surface area contributed by atoms with Crippen molar-refractivity contribution in [1.82, 2.24) is 4.90 Å². The fourth-order valence-corrected chi connectivity index (χ4v) is 2.68. The molecule has 3 rings (SSSR count). The number of halogens is 1. The summed E-state index contributed by atoms with van der Waals surface area (Å²) < 4.78 is 0.965. The number of aliphatic hydroxyl groups is 1. The molecule has 0 bridgehead atoms. The van der Waals surface area contributed by atoms with E-state index in [-0.39, 0.29) is 5.91 Å². The lowest BCUT2D eigenvalue weighted by Gasteiger charge is -2.47. The van der Waals surface area contributed by atoms with E-state index in [0.717, 1.165) is 17.3 Å². The third kappa shape index (κ3) is 2.00. The number of amides is 1. The molecule has 1 N–H and O–H groups in total. The van der Waals surface area contributed by atoms with Crippen molar-refractivity contribution >= 4 is 21.8 Å². The van der Waals surface area contributed by atoms with Crippen molar-refractivity contribution in [2.24, 2.45) is 5.92 Å². The van der Waals surface area contributed by atoms with Crippen molar-refractivity contribution < 1.29 is 9.90 Å². The molecule has 1 heterocycles. The summed E-state index contributed by atoms with van der Waals surface area (Å²) in [4.78, 5) is 13.8. The van der Waals surface area contributed by atoms with Crippen LogP contribution in [0.15, 0.2) is 28.7 Å². The van der Waals surface area contributed by atoms with Gasteiger partial charge >= 0.3 is 0 Å². The second-order valence-corrected chi connectivity index (χ2v) is 5.96. The summed E-state index contributed by atoms with van der Waals surface area (Å²) in [7, 11) is 0. The van der Waals surface area contributed by atoms with Gasteiger partial charge in [0.05, 0.1) is 13.1 Å². The molecule has 0 aromatic heterocycles. The Morgan fingerprint density at radius 2 is 1.88 bits per heavy atom. The molecular formula is C13H14BrNO2. The van der Waals surface area contributed by atoms with Gasteiger partial charge in [0.2, 0.25) is 0 Å². The van der Waals surface area contributed by atoms with E-state index in [1.54, 1.807) is 17.0 Å². The minimum absolute atomic E-state index is 0.0165. The minimum atomic E-state index is -0.592. The van der Waals surface area contributed by atoms with Crippen molar-refractivity contribution in [2.75, 3.05) is 13.1 Å². The van der Waals surface area contributed by atoms with Gasteiger partial charge in [0.1, 0.15) is 5.60 Å². The van der Waals surface area contributed by atoms with Gasteiger partial charge < -0.3 is 10.0 Å². The fourth-order valence-electron chi connectivity index (χ4n) is 2.41. The van der Waals surface area contributed by atoms with Gasteiger partial charge in [-0.25, -0.2) is 0 Å². The highest BCUT2D eigenvalue weighted by Crippen LogP contribution is 2.44. The Morgan fingerprint density at radius 3 is 2.41 bits per heavy atom. The third-order valence-electron chi connectivity index (χ3n) is 3.64. The molecule has 0 unspecified atom stereocenters. The van der Waals surface area contributed by atoms with Crippen molar-refractivity contribution in [1.29, 1.82) is 0 Å². The molecule has 2 fully saturated rings. The number of β-amino-alcohol motifs (C(OH)–C–C–N with tert-alkyl or cyclic N) is 1. The van der Waals surface area contributed by atoms with E-state index in [1.165, 1.54) is 0 Å². The number of hydrogen-bond donors (Lipinski definition) is 1. The first-order valence-electron chi connectivity index (χ1n) is 5.86. The van der Waals surface area contributed by atoms with Crippen LogP contribution in [0.2, 0.25) is 0 Å². The van der Waals surface area contributed by atoms with Crippen LogP contribution in [-0.2, 0) is 0 Å². The minimum Gasteiger partial charge on any atom is -0.386 e. The Morgan fingerprint density at radius 1 is 1.29 bits per heavy atom. The first-order chi connectivity index (χ1) is 8.08. The molecule has 2 aliphatic rings. The van der Waals surface area contributed by atoms with E-state index >= 15 is 0 Å². The maximum absolute atomic E-state index is 12.1. The first kappa shape index (κ1) is 11.2. The van der Waals surface area contributed by atoms with Gasteiger partial charge in [-0.1, -0.05) is 15.9 Å². The summed E-state index contributed by atoms with van der Waals surface area (Å²) >= 11 is 3.34. The van der Waals surface area contributed by atoms with Gasteiger partial charge in [0, 0.05) is 10.0 Å². The van der Waals surface area contributed by atoms with Crippen molar-refractivity contribution in [2.45, 2.75) is 18.4 Å². The molecule has 1 aliphatic heterocycles. The molecule has 1 saturated heterocycles. The summed E-state index contributed by atoms with van der Waals surface area (Å²) in [5, 5.41) is 10.2. The van der Waals surface area contributed by atoms with Gasteiger partial charge in [-0.3, -0.25) is 4.79 Å². The quantitative estimate of drug-likeness (QED) is 0.907. The summed E-state index contributed by atoms with van der Waals surface area (Å²) in [6.45, 7) is 0.985. The number of rotatable bonds is 2. The Hall–Kier alpha value is -0.870. The Bertz CT molecular complexity index is 447. The van der Waals surface area contributed by atoms with Gasteiger partial charge in [-0.2, -0.15) is 0 Å². The molecule has 1 amide bonds. The largest absolute Gasteiger partial charge is 0.386 e. The molecule has 90 valence electrons. The maximum Gasteiger partial charge on any atom is 0.254 e. The van der Waals surface area contributed by atoms with Gasteiger partial charge in [-0.15, -0.1) is 0 Å². The Kier molecular flexibility index (Phi) is 2.52. The Labute approximate surface area is 109 Å². The van der Waals surface area contributed by atoms with Crippen LogP contribution in [0.5, 0.6) is 0 Å². The lowest BCUT2D eigenvalue weighted by Crippen LogP contribution is -2.64. The number of carbonyl (C=O) groups excluding carboxylic acids is 1. The topological polar surface area (TPSA) is 40.5 Å². The van der Waals surface area contributed by atoms with Gasteiger partial charge in [0.25, 0.3) is 5.91 Å². The molecule has 0 radical (unpaired) electrons. The van der Waals surface area contributed by atoms with Crippen LogP contribution in [0.3, 0.4) is 0 Å². The summed E-state index contributed by atoms with van der Waals surface area (Å²) in [6.07, 6.45) is 2.22. The van der Waals surface area contributed by atoms with Crippen LogP contribution in [0.25, 0.3) is 0 Å². The van der Waals surface area contributed by atoms with Crippen LogP contribution in [0.4, 0.5) is 0 Å². The lowest BCUT2D eigenvalue weighted by molar-refractivity contribution is -0.0958. The highest BCUT2D eigenvalue weighted by Gasteiger charge is 2.53. The lowest BCUT2D eigenvalue weighted by atomic mass is 9.88. The van der Waals surface area contributed by atoms with E-state index in [0.29, 0.717) is 24.6 Å². The van der Waals surface area contributed by atoms with Gasteiger partial charge in [0.15, 0.2) is 0 Å². The van der Waals surface area contributed by atoms with Crippen LogP contribution >= 0.6 is 15.9 Å². The number of carbonyl (C=O) groups is 1. The number of benzene rings is 1. The average molecular weight is 296 g/mol. The molecule has 3 nitrogen and oxygen atoms in total. The highest BCUT2D eigenvalue weighted by atomic mass is 79.9. The molecule has 17 heavy (non-hydrogen) atoms. The van der Waals surface area contributed by atoms with E-state index in [4.69, 9.17) is 0 Å². The predicted octanol–water partition coefficient (Wildman–Crippen LogP) is 2.05. The number of likely N-dealkylation sites (tertiary alicyclic amines) is 1. The van der Waals surface area contributed by atoms with Crippen LogP contribution in [0, 0.1) is 5.92 Å². The normalized spacial score (nSPS) is 22.1.